The van der Waals surface area contributed by atoms with Crippen LogP contribution in [0.2, 0.25) is 0 Å². The zero-order valence-electron chi connectivity index (χ0n) is 16.2. The summed E-state index contributed by atoms with van der Waals surface area (Å²) in [5, 5.41) is 7.74. The Balaban J connectivity index is 1.35. The first-order valence-electron chi connectivity index (χ1n) is 9.58. The molecule has 0 aliphatic heterocycles. The van der Waals surface area contributed by atoms with Crippen LogP contribution in [0, 0.1) is 11.7 Å². The van der Waals surface area contributed by atoms with Gasteiger partial charge in [0.15, 0.2) is 5.13 Å². The van der Waals surface area contributed by atoms with E-state index in [2.05, 4.69) is 15.6 Å². The standard InChI is InChI=1S/C22H20FN3O2S2/c1-13(30-18-4-2-3-17(11-18)24-21(28)15-5-6-15)20(27)26-22-25-19(12-29-22)14-7-9-16(23)10-8-14/h2-4,7-13,15H,5-6H2,1H3,(H,24,28)(H,25,26,27). The average Bonchev–Trinajstić information content (AvgIpc) is 3.48. The van der Waals surface area contributed by atoms with Gasteiger partial charge >= 0.3 is 0 Å². The topological polar surface area (TPSA) is 71.1 Å². The predicted octanol–water partition coefficient (Wildman–Crippen LogP) is 5.42. The maximum absolute atomic E-state index is 13.1. The van der Waals surface area contributed by atoms with Gasteiger partial charge in [0, 0.05) is 27.4 Å². The number of nitrogens with zero attached hydrogens (tertiary/aromatic N) is 1. The first-order chi connectivity index (χ1) is 14.5. The fourth-order valence-electron chi connectivity index (χ4n) is 2.79. The zero-order valence-corrected chi connectivity index (χ0v) is 17.9. The average molecular weight is 442 g/mol. The van der Waals surface area contributed by atoms with Crippen molar-refractivity contribution in [1.82, 2.24) is 4.98 Å². The molecule has 1 fully saturated rings. The van der Waals surface area contributed by atoms with E-state index in [0.29, 0.717) is 10.8 Å². The van der Waals surface area contributed by atoms with E-state index in [1.807, 2.05) is 36.6 Å². The van der Waals surface area contributed by atoms with E-state index in [9.17, 15) is 14.0 Å². The fourth-order valence-corrected chi connectivity index (χ4v) is 4.44. The third kappa shape index (κ3) is 5.25. The highest BCUT2D eigenvalue weighted by atomic mass is 32.2. The largest absolute Gasteiger partial charge is 0.326 e. The van der Waals surface area contributed by atoms with Crippen LogP contribution in [0.5, 0.6) is 0 Å². The van der Waals surface area contributed by atoms with Crippen LogP contribution in [0.1, 0.15) is 19.8 Å². The quantitative estimate of drug-likeness (QED) is 0.481. The second-order valence-corrected chi connectivity index (χ2v) is 9.36. The van der Waals surface area contributed by atoms with Crippen LogP contribution >= 0.6 is 23.1 Å². The van der Waals surface area contributed by atoms with Crippen LogP contribution in [-0.4, -0.2) is 22.0 Å². The highest BCUT2D eigenvalue weighted by Gasteiger charge is 2.29. The lowest BCUT2D eigenvalue weighted by molar-refractivity contribution is -0.117. The molecule has 0 radical (unpaired) electrons. The summed E-state index contributed by atoms with van der Waals surface area (Å²) in [6, 6.07) is 13.6. The number of aromatic nitrogens is 1. The molecule has 30 heavy (non-hydrogen) atoms. The van der Waals surface area contributed by atoms with Crippen molar-refractivity contribution < 1.29 is 14.0 Å². The Labute approximate surface area is 182 Å². The molecule has 4 rings (SSSR count). The second-order valence-electron chi connectivity index (χ2n) is 7.09. The van der Waals surface area contributed by atoms with Crippen LogP contribution < -0.4 is 10.6 Å². The lowest BCUT2D eigenvalue weighted by Crippen LogP contribution is -2.22. The molecule has 154 valence electrons. The van der Waals surface area contributed by atoms with E-state index in [4.69, 9.17) is 0 Å². The zero-order chi connectivity index (χ0) is 21.1. The molecule has 2 amide bonds. The molecule has 1 aliphatic rings. The molecule has 0 bridgehead atoms. The number of rotatable bonds is 7. The number of nitrogens with one attached hydrogen (secondary N) is 2. The van der Waals surface area contributed by atoms with Crippen molar-refractivity contribution in [1.29, 1.82) is 0 Å². The Morgan fingerprint density at radius 1 is 1.17 bits per heavy atom. The highest BCUT2D eigenvalue weighted by Crippen LogP contribution is 2.32. The number of thioether (sulfide) groups is 1. The molecule has 8 heteroatoms. The third-order valence-electron chi connectivity index (χ3n) is 4.61. The Morgan fingerprint density at radius 2 is 1.93 bits per heavy atom. The van der Waals surface area contributed by atoms with Crippen molar-refractivity contribution in [3.63, 3.8) is 0 Å². The SMILES string of the molecule is CC(Sc1cccc(NC(=O)C2CC2)c1)C(=O)Nc1nc(-c2ccc(F)cc2)cs1. The molecule has 1 heterocycles. The van der Waals surface area contributed by atoms with Gasteiger partial charge in [0.05, 0.1) is 10.9 Å². The van der Waals surface area contributed by atoms with Crippen molar-refractivity contribution in [3.05, 3.63) is 59.7 Å². The summed E-state index contributed by atoms with van der Waals surface area (Å²) in [5.74, 6) is -0.260. The molecular weight excluding hydrogens is 421 g/mol. The lowest BCUT2D eigenvalue weighted by Gasteiger charge is -2.12. The van der Waals surface area contributed by atoms with Gasteiger partial charge in [0.1, 0.15) is 5.82 Å². The fraction of sp³-hybridized carbons (Fsp3) is 0.227. The number of amides is 2. The third-order valence-corrected chi connectivity index (χ3v) is 6.46. The highest BCUT2D eigenvalue weighted by molar-refractivity contribution is 8.00. The van der Waals surface area contributed by atoms with Gasteiger partial charge in [-0.1, -0.05) is 6.07 Å². The maximum atomic E-state index is 13.1. The molecule has 2 N–H and O–H groups in total. The Kier molecular flexibility index (Phi) is 6.15. The molecule has 1 atom stereocenters. The van der Waals surface area contributed by atoms with Crippen LogP contribution in [0.3, 0.4) is 0 Å². The first-order valence-corrected chi connectivity index (χ1v) is 11.3. The Hall–Kier alpha value is -2.71. The maximum Gasteiger partial charge on any atom is 0.239 e. The smallest absolute Gasteiger partial charge is 0.239 e. The van der Waals surface area contributed by atoms with Crippen molar-refractivity contribution in [3.8, 4) is 11.3 Å². The van der Waals surface area contributed by atoms with Crippen molar-refractivity contribution in [2.45, 2.75) is 29.9 Å². The van der Waals surface area contributed by atoms with Crippen LogP contribution in [0.4, 0.5) is 15.2 Å². The summed E-state index contributed by atoms with van der Waals surface area (Å²) >= 11 is 2.74. The van der Waals surface area contributed by atoms with Gasteiger partial charge in [0.25, 0.3) is 0 Å². The molecule has 5 nitrogen and oxygen atoms in total. The van der Waals surface area contributed by atoms with Gasteiger partial charge in [-0.2, -0.15) is 0 Å². The predicted molar refractivity (Wildman–Crippen MR) is 119 cm³/mol. The van der Waals surface area contributed by atoms with E-state index < -0.39 is 0 Å². The van der Waals surface area contributed by atoms with Gasteiger partial charge in [-0.15, -0.1) is 23.1 Å². The normalized spacial score (nSPS) is 14.2. The molecular formula is C22H20FN3O2S2. The van der Waals surface area contributed by atoms with Crippen LogP contribution in [0.15, 0.2) is 58.8 Å². The van der Waals surface area contributed by atoms with E-state index in [1.165, 1.54) is 35.2 Å². The number of hydrogen-bond donors (Lipinski definition) is 2. The molecule has 0 saturated heterocycles. The minimum absolute atomic E-state index is 0.0590. The summed E-state index contributed by atoms with van der Waals surface area (Å²) in [5.41, 5.74) is 2.23. The summed E-state index contributed by atoms with van der Waals surface area (Å²) in [7, 11) is 0. The summed E-state index contributed by atoms with van der Waals surface area (Å²) in [4.78, 5) is 29.8. The van der Waals surface area contributed by atoms with Gasteiger partial charge in [0.2, 0.25) is 11.8 Å². The van der Waals surface area contributed by atoms with E-state index in [-0.39, 0.29) is 28.8 Å². The monoisotopic (exact) mass is 441 g/mol. The first kappa shape index (κ1) is 20.6. The number of thiazole rings is 1. The minimum Gasteiger partial charge on any atom is -0.326 e. The Morgan fingerprint density at radius 3 is 2.67 bits per heavy atom. The number of carbonyl (C=O) groups excluding carboxylic acids is 2. The number of anilines is 2. The van der Waals surface area contributed by atoms with E-state index >= 15 is 0 Å². The minimum atomic E-state index is -0.349. The lowest BCUT2D eigenvalue weighted by atomic mass is 10.2. The number of benzene rings is 2. The molecule has 1 unspecified atom stereocenters. The second kappa shape index (κ2) is 8.97. The van der Waals surface area contributed by atoms with Gasteiger partial charge in [-0.25, -0.2) is 9.37 Å². The number of hydrogen-bond acceptors (Lipinski definition) is 5. The van der Waals surface area contributed by atoms with Crippen molar-refractivity contribution in [2.24, 2.45) is 5.92 Å². The molecule has 1 aliphatic carbocycles. The Bertz CT molecular complexity index is 1060. The molecule has 1 aromatic heterocycles. The number of halogens is 1. The molecule has 2 aromatic carbocycles. The van der Waals surface area contributed by atoms with Crippen molar-refractivity contribution in [2.75, 3.05) is 10.6 Å². The summed E-state index contributed by atoms with van der Waals surface area (Å²) < 4.78 is 13.1. The van der Waals surface area contributed by atoms with Crippen LogP contribution in [-0.2, 0) is 9.59 Å². The molecule has 3 aromatic rings. The molecule has 1 saturated carbocycles. The van der Waals surface area contributed by atoms with E-state index in [1.54, 1.807) is 12.1 Å². The van der Waals surface area contributed by atoms with Gasteiger partial charge in [-0.3, -0.25) is 9.59 Å². The van der Waals surface area contributed by atoms with Gasteiger partial charge in [-0.05, 0) is 62.2 Å². The van der Waals surface area contributed by atoms with E-state index in [0.717, 1.165) is 29.0 Å². The van der Waals surface area contributed by atoms with Gasteiger partial charge < -0.3 is 10.6 Å². The van der Waals surface area contributed by atoms with Crippen molar-refractivity contribution >= 4 is 45.7 Å². The van der Waals surface area contributed by atoms with Crippen LogP contribution in [0.25, 0.3) is 11.3 Å². The summed E-state index contributed by atoms with van der Waals surface area (Å²) in [6.45, 7) is 1.82. The number of carbonyl (C=O) groups is 2. The summed E-state index contributed by atoms with van der Waals surface area (Å²) in [6.07, 6.45) is 1.91. The molecule has 0 spiro atoms.